The maximum atomic E-state index is 14.5. The summed E-state index contributed by atoms with van der Waals surface area (Å²) in [6.07, 6.45) is 8.34. The summed E-state index contributed by atoms with van der Waals surface area (Å²) in [4.78, 5) is 22.9. The Labute approximate surface area is 211 Å². The summed E-state index contributed by atoms with van der Waals surface area (Å²) in [5.74, 6) is 2.63. The molecule has 9 heteroatoms. The third-order valence-corrected chi connectivity index (χ3v) is 7.42. The van der Waals surface area contributed by atoms with E-state index in [1.807, 2.05) is 6.92 Å². The summed E-state index contributed by atoms with van der Waals surface area (Å²) in [7, 11) is 0. The molecule has 7 nitrogen and oxygen atoms in total. The van der Waals surface area contributed by atoms with Gasteiger partial charge in [-0.2, -0.15) is 0 Å². The van der Waals surface area contributed by atoms with Crippen LogP contribution in [0.4, 0.5) is 10.3 Å². The number of amides is 1. The number of nitrogens with zero attached hydrogens (tertiary/aromatic N) is 3. The van der Waals surface area contributed by atoms with Crippen molar-refractivity contribution >= 4 is 23.5 Å². The van der Waals surface area contributed by atoms with Crippen LogP contribution >= 0.6 is 11.6 Å². The van der Waals surface area contributed by atoms with Crippen LogP contribution in [0.2, 0.25) is 5.02 Å². The summed E-state index contributed by atoms with van der Waals surface area (Å²) in [6.45, 7) is 4.24. The molecule has 1 amide bonds. The number of benzene rings is 1. The number of hydrogen-bond acceptors (Lipinski definition) is 6. The quantitative estimate of drug-likeness (QED) is 0.480. The molecule has 2 heterocycles. The topological polar surface area (TPSA) is 87.6 Å². The van der Waals surface area contributed by atoms with Gasteiger partial charge in [0, 0.05) is 19.2 Å². The molecule has 2 aliphatic rings. The van der Waals surface area contributed by atoms with Crippen molar-refractivity contribution in [2.24, 2.45) is 17.8 Å². The lowest BCUT2D eigenvalue weighted by Gasteiger charge is -2.32. The number of hydrogen-bond donors (Lipinski definition) is 2. The molecule has 1 aliphatic carbocycles. The van der Waals surface area contributed by atoms with Crippen LogP contribution in [-0.4, -0.2) is 53.3 Å². The third-order valence-electron chi connectivity index (χ3n) is 7.22. The number of nitrogens with one attached hydrogen (secondary N) is 1. The molecule has 0 spiro atoms. The fraction of sp³-hybridized carbons (Fsp3) is 0.577. The summed E-state index contributed by atoms with van der Waals surface area (Å²) in [5.41, 5.74) is 0.320. The molecule has 1 saturated heterocycles. The van der Waals surface area contributed by atoms with Gasteiger partial charge in [0.25, 0.3) is 0 Å². The van der Waals surface area contributed by atoms with Gasteiger partial charge >= 0.3 is 0 Å². The molecule has 35 heavy (non-hydrogen) atoms. The van der Waals surface area contributed by atoms with Crippen molar-refractivity contribution in [2.75, 3.05) is 31.2 Å². The van der Waals surface area contributed by atoms with E-state index in [1.54, 1.807) is 24.5 Å². The summed E-state index contributed by atoms with van der Waals surface area (Å²) in [6, 6.07) is 4.37. The predicted octanol–water partition coefficient (Wildman–Crippen LogP) is 4.02. The molecule has 1 saturated carbocycles. The number of rotatable bonds is 11. The third kappa shape index (κ3) is 7.04. The molecule has 4 rings (SSSR count). The minimum atomic E-state index is -0.449. The van der Waals surface area contributed by atoms with Gasteiger partial charge in [-0.15, -0.1) is 0 Å². The van der Waals surface area contributed by atoms with E-state index in [-0.39, 0.29) is 25.0 Å². The van der Waals surface area contributed by atoms with Crippen molar-refractivity contribution in [3.05, 3.63) is 47.0 Å². The number of ether oxygens (including phenoxy) is 1. The van der Waals surface area contributed by atoms with Gasteiger partial charge < -0.3 is 20.1 Å². The summed E-state index contributed by atoms with van der Waals surface area (Å²) in [5, 5.41) is 12.5. The molecule has 3 atom stereocenters. The molecule has 0 bridgehead atoms. The lowest BCUT2D eigenvalue weighted by Crippen LogP contribution is -2.37. The van der Waals surface area contributed by atoms with Crippen LogP contribution in [0.5, 0.6) is 5.75 Å². The van der Waals surface area contributed by atoms with Crippen molar-refractivity contribution in [3.8, 4) is 5.75 Å². The highest BCUT2D eigenvalue weighted by Gasteiger charge is 2.43. The Bertz CT molecular complexity index is 981. The van der Waals surface area contributed by atoms with E-state index in [4.69, 9.17) is 16.3 Å². The molecule has 190 valence electrons. The highest BCUT2D eigenvalue weighted by Crippen LogP contribution is 2.49. The van der Waals surface area contributed by atoms with Gasteiger partial charge in [-0.05, 0) is 61.5 Å². The fourth-order valence-corrected chi connectivity index (χ4v) is 5.09. The van der Waals surface area contributed by atoms with Crippen molar-refractivity contribution in [1.82, 2.24) is 15.3 Å². The molecule has 0 radical (unpaired) electrons. The van der Waals surface area contributed by atoms with E-state index in [9.17, 15) is 14.3 Å². The van der Waals surface area contributed by atoms with Crippen LogP contribution in [0.3, 0.4) is 0 Å². The van der Waals surface area contributed by atoms with Gasteiger partial charge in [0.05, 0.1) is 43.1 Å². The average molecular weight is 505 g/mol. The summed E-state index contributed by atoms with van der Waals surface area (Å²) < 4.78 is 20.3. The Morgan fingerprint density at radius 2 is 2.06 bits per heavy atom. The van der Waals surface area contributed by atoms with E-state index >= 15 is 0 Å². The normalized spacial score (nSPS) is 21.0. The minimum Gasteiger partial charge on any atom is -0.493 e. The van der Waals surface area contributed by atoms with Crippen LogP contribution in [0.25, 0.3) is 0 Å². The molecule has 1 unspecified atom stereocenters. The van der Waals surface area contributed by atoms with E-state index in [1.165, 1.54) is 12.5 Å². The fourth-order valence-electron chi connectivity index (χ4n) is 4.99. The molecule has 2 aromatic rings. The number of aromatic nitrogens is 2. The Hall–Kier alpha value is -2.45. The summed E-state index contributed by atoms with van der Waals surface area (Å²) >= 11 is 5.88. The van der Waals surface area contributed by atoms with Gasteiger partial charge in [-0.25, -0.2) is 14.4 Å². The zero-order valence-corrected chi connectivity index (χ0v) is 20.9. The van der Waals surface area contributed by atoms with Crippen LogP contribution in [0, 0.1) is 23.6 Å². The largest absolute Gasteiger partial charge is 0.493 e. The zero-order chi connectivity index (χ0) is 24.8. The average Bonchev–Trinajstić information content (AvgIpc) is 3.64. The maximum absolute atomic E-state index is 14.5. The van der Waals surface area contributed by atoms with Crippen molar-refractivity contribution in [2.45, 2.75) is 51.5 Å². The first kappa shape index (κ1) is 25.6. The molecule has 1 aromatic carbocycles. The van der Waals surface area contributed by atoms with Crippen molar-refractivity contribution < 1.29 is 19.0 Å². The van der Waals surface area contributed by atoms with Crippen molar-refractivity contribution in [1.29, 1.82) is 0 Å². The molecule has 1 aromatic heterocycles. The van der Waals surface area contributed by atoms with Gasteiger partial charge in [0.2, 0.25) is 11.9 Å². The van der Waals surface area contributed by atoms with E-state index in [0.29, 0.717) is 35.3 Å². The van der Waals surface area contributed by atoms with E-state index in [0.717, 1.165) is 50.1 Å². The number of anilines is 1. The number of aliphatic hydroxyl groups is 1. The Kier molecular flexibility index (Phi) is 8.78. The number of aliphatic hydroxyl groups excluding tert-OH is 1. The highest BCUT2D eigenvalue weighted by atomic mass is 35.5. The maximum Gasteiger partial charge on any atom is 0.225 e. The highest BCUT2D eigenvalue weighted by molar-refractivity contribution is 6.30. The van der Waals surface area contributed by atoms with Gasteiger partial charge in [-0.1, -0.05) is 24.6 Å². The molecular weight excluding hydrogens is 471 g/mol. The second-order valence-electron chi connectivity index (χ2n) is 9.61. The van der Waals surface area contributed by atoms with E-state index < -0.39 is 5.82 Å². The molecule has 2 N–H and O–H groups in total. The standard InChI is InChI=1S/C26H34ClFN4O3/c1-2-21(16-33)31-25(34)12-19-3-4-22(13-24(19)28)35-10-7-18-11-23(18)17-5-8-32(9-6-17)26-29-14-20(27)15-30-26/h3-4,13-15,17-18,21,23,33H,2,5-12,16H2,1H3,(H,31,34)/t18-,21?,23-/m1/s1. The number of carbonyl (C=O) groups excluding carboxylic acids is 1. The van der Waals surface area contributed by atoms with Crippen LogP contribution < -0.4 is 15.0 Å². The lowest BCUT2D eigenvalue weighted by molar-refractivity contribution is -0.121. The first-order valence-corrected chi connectivity index (χ1v) is 12.9. The lowest BCUT2D eigenvalue weighted by atomic mass is 9.90. The van der Waals surface area contributed by atoms with Crippen LogP contribution in [-0.2, 0) is 11.2 Å². The van der Waals surface area contributed by atoms with E-state index in [2.05, 4.69) is 20.2 Å². The Morgan fingerprint density at radius 3 is 2.71 bits per heavy atom. The second-order valence-corrected chi connectivity index (χ2v) is 10.0. The van der Waals surface area contributed by atoms with Crippen LogP contribution in [0.1, 0.15) is 44.6 Å². The first-order chi connectivity index (χ1) is 17.0. The smallest absolute Gasteiger partial charge is 0.225 e. The Morgan fingerprint density at radius 1 is 1.31 bits per heavy atom. The van der Waals surface area contributed by atoms with Gasteiger partial charge in [0.15, 0.2) is 0 Å². The molecular formula is C26H34ClFN4O3. The van der Waals surface area contributed by atoms with Gasteiger partial charge in [0.1, 0.15) is 11.6 Å². The monoisotopic (exact) mass is 504 g/mol. The zero-order valence-electron chi connectivity index (χ0n) is 20.1. The number of carbonyl (C=O) groups is 1. The first-order valence-electron chi connectivity index (χ1n) is 12.5. The van der Waals surface area contributed by atoms with Crippen molar-refractivity contribution in [3.63, 3.8) is 0 Å². The number of halogens is 2. The second kappa shape index (κ2) is 12.0. The molecule has 1 aliphatic heterocycles. The van der Waals surface area contributed by atoms with Gasteiger partial charge in [-0.3, -0.25) is 4.79 Å². The Balaban J connectivity index is 1.16. The minimum absolute atomic E-state index is 0.0602. The predicted molar refractivity (Wildman–Crippen MR) is 133 cm³/mol. The SMILES string of the molecule is CCC(CO)NC(=O)Cc1ccc(OCC[C@@H]2C[C@@H]2C2CCN(c3ncc(Cl)cn3)CC2)cc1F. The molecule has 2 fully saturated rings. The number of piperidine rings is 1. The van der Waals surface area contributed by atoms with Crippen LogP contribution in [0.15, 0.2) is 30.6 Å².